The molecular formula is C4H7ClFNO. The maximum absolute atomic E-state index is 11.9. The van der Waals surface area contributed by atoms with Crippen molar-refractivity contribution in [3.8, 4) is 0 Å². The normalized spacial score (nSPS) is 8.88. The van der Waals surface area contributed by atoms with E-state index in [9.17, 15) is 9.28 Å². The molecular weight excluding hydrogens is 133 g/mol. The van der Waals surface area contributed by atoms with Crippen molar-refractivity contribution in [2.24, 2.45) is 0 Å². The fourth-order valence-electron chi connectivity index (χ4n) is 0.238. The number of hydrogen-bond donors (Lipinski definition) is 0. The van der Waals surface area contributed by atoms with Gasteiger partial charge in [0.15, 0.2) is 0 Å². The number of halogens is 2. The minimum absolute atomic E-state index is 0.0262. The molecule has 0 aliphatic carbocycles. The summed E-state index contributed by atoms with van der Waals surface area (Å²) in [6.07, 6.45) is 0.156. The smallest absolute Gasteiger partial charge is 0.251 e. The highest BCUT2D eigenvalue weighted by Gasteiger charge is 2.05. The maximum atomic E-state index is 11.9. The van der Waals surface area contributed by atoms with Crippen LogP contribution >= 0.6 is 11.6 Å². The quantitative estimate of drug-likeness (QED) is 0.321. The van der Waals surface area contributed by atoms with Crippen molar-refractivity contribution >= 4 is 17.5 Å². The van der Waals surface area contributed by atoms with Crippen LogP contribution in [0.1, 0.15) is 13.3 Å². The molecule has 0 atom stereocenters. The van der Waals surface area contributed by atoms with Gasteiger partial charge in [0.2, 0.25) is 0 Å². The average Bonchev–Trinajstić information content (AvgIpc) is 1.84. The van der Waals surface area contributed by atoms with Crippen molar-refractivity contribution in [1.29, 1.82) is 0 Å². The highest BCUT2D eigenvalue weighted by Crippen LogP contribution is 1.94. The molecule has 0 rings (SSSR count). The minimum Gasteiger partial charge on any atom is -0.272 e. The summed E-state index contributed by atoms with van der Waals surface area (Å²) in [5.74, 6) is -0.583. The Kier molecular flexibility index (Phi) is 3.52. The Morgan fingerprint density at radius 2 is 2.38 bits per heavy atom. The number of alkyl halides is 1. The van der Waals surface area contributed by atoms with Crippen LogP contribution in [-0.4, -0.2) is 17.0 Å². The van der Waals surface area contributed by atoms with E-state index in [2.05, 4.69) is 0 Å². The Morgan fingerprint density at radius 3 is 2.50 bits per heavy atom. The number of amides is 1. The Morgan fingerprint density at radius 1 is 1.88 bits per heavy atom. The van der Waals surface area contributed by atoms with E-state index in [4.69, 9.17) is 11.6 Å². The highest BCUT2D eigenvalue weighted by atomic mass is 35.5. The van der Waals surface area contributed by atoms with Gasteiger partial charge in [0.05, 0.1) is 0 Å². The molecule has 0 heterocycles. The zero-order valence-corrected chi connectivity index (χ0v) is 5.28. The van der Waals surface area contributed by atoms with Crippen LogP contribution < -0.4 is 0 Å². The Balaban J connectivity index is 3.46. The van der Waals surface area contributed by atoms with Crippen LogP contribution in [0.3, 0.4) is 0 Å². The van der Waals surface area contributed by atoms with Gasteiger partial charge in [-0.3, -0.25) is 4.79 Å². The summed E-state index contributed by atoms with van der Waals surface area (Å²) in [4.78, 5) is 10.2. The third kappa shape index (κ3) is 2.12. The molecule has 0 bridgehead atoms. The van der Waals surface area contributed by atoms with Crippen LogP contribution in [0.15, 0.2) is 0 Å². The zero-order chi connectivity index (χ0) is 6.57. The SMILES string of the molecule is CCC(=O)N(F)CCl. The first kappa shape index (κ1) is 7.69. The summed E-state index contributed by atoms with van der Waals surface area (Å²) < 4.78 is 11.9. The second-order valence-corrected chi connectivity index (χ2v) is 1.47. The summed E-state index contributed by atoms with van der Waals surface area (Å²) in [5, 5.41) is -0.0262. The standard InChI is InChI=1S/C4H7ClFNO/c1-2-4(8)7(6)3-5/h2-3H2,1H3. The molecule has 0 aromatic rings. The van der Waals surface area contributed by atoms with E-state index in [1.54, 1.807) is 6.92 Å². The topological polar surface area (TPSA) is 20.3 Å². The molecule has 48 valence electrons. The molecule has 0 aliphatic heterocycles. The molecule has 0 radical (unpaired) electrons. The molecule has 0 N–H and O–H groups in total. The van der Waals surface area contributed by atoms with Gasteiger partial charge in [0, 0.05) is 6.42 Å². The molecule has 0 fully saturated rings. The van der Waals surface area contributed by atoms with E-state index in [0.29, 0.717) is 0 Å². The molecule has 8 heavy (non-hydrogen) atoms. The highest BCUT2D eigenvalue weighted by molar-refractivity contribution is 6.18. The number of carbonyl (C=O) groups excluding carboxylic acids is 1. The lowest BCUT2D eigenvalue weighted by Crippen LogP contribution is -2.19. The number of nitrogens with zero attached hydrogens (tertiary/aromatic N) is 1. The first-order chi connectivity index (χ1) is 3.72. The van der Waals surface area contributed by atoms with Gasteiger partial charge in [-0.25, -0.2) is 0 Å². The molecule has 4 heteroatoms. The van der Waals surface area contributed by atoms with E-state index in [1.165, 1.54) is 0 Å². The predicted octanol–water partition coefficient (Wildman–Crippen LogP) is 1.31. The van der Waals surface area contributed by atoms with Crippen molar-refractivity contribution in [1.82, 2.24) is 5.12 Å². The monoisotopic (exact) mass is 139 g/mol. The van der Waals surface area contributed by atoms with Gasteiger partial charge < -0.3 is 0 Å². The maximum Gasteiger partial charge on any atom is 0.251 e. The Bertz CT molecular complexity index is 88.1. The van der Waals surface area contributed by atoms with Crippen molar-refractivity contribution in [2.45, 2.75) is 13.3 Å². The molecule has 0 aromatic carbocycles. The second-order valence-electron chi connectivity index (χ2n) is 1.23. The summed E-state index contributed by atoms with van der Waals surface area (Å²) in [7, 11) is 0. The summed E-state index contributed by atoms with van der Waals surface area (Å²) in [5.41, 5.74) is 0. The first-order valence-electron chi connectivity index (χ1n) is 2.24. The lowest BCUT2D eigenvalue weighted by Gasteiger charge is -2.03. The van der Waals surface area contributed by atoms with Crippen LogP contribution in [-0.2, 0) is 4.79 Å². The molecule has 0 aliphatic rings. The number of hydrogen-bond acceptors (Lipinski definition) is 1. The van der Waals surface area contributed by atoms with Gasteiger partial charge in [-0.05, 0) is 0 Å². The molecule has 0 unspecified atom stereocenters. The first-order valence-corrected chi connectivity index (χ1v) is 2.78. The van der Waals surface area contributed by atoms with Gasteiger partial charge >= 0.3 is 0 Å². The van der Waals surface area contributed by atoms with Crippen molar-refractivity contribution in [3.05, 3.63) is 0 Å². The van der Waals surface area contributed by atoms with E-state index in [1.807, 2.05) is 0 Å². The van der Waals surface area contributed by atoms with Crippen LogP contribution in [0.4, 0.5) is 4.48 Å². The molecule has 0 saturated carbocycles. The minimum atomic E-state index is -0.583. The van der Waals surface area contributed by atoms with Crippen LogP contribution in [0.2, 0.25) is 0 Å². The lowest BCUT2D eigenvalue weighted by atomic mass is 10.5. The number of carbonyl (C=O) groups is 1. The Labute approximate surface area is 52.2 Å². The fourth-order valence-corrected chi connectivity index (χ4v) is 0.372. The lowest BCUT2D eigenvalue weighted by molar-refractivity contribution is -0.143. The predicted molar refractivity (Wildman–Crippen MR) is 29.0 cm³/mol. The van der Waals surface area contributed by atoms with Crippen molar-refractivity contribution in [3.63, 3.8) is 0 Å². The van der Waals surface area contributed by atoms with Crippen molar-refractivity contribution < 1.29 is 9.28 Å². The molecule has 0 saturated heterocycles. The number of rotatable bonds is 2. The van der Waals surface area contributed by atoms with E-state index in [-0.39, 0.29) is 17.5 Å². The largest absolute Gasteiger partial charge is 0.272 e. The summed E-state index contributed by atoms with van der Waals surface area (Å²) in [6.45, 7) is 1.57. The van der Waals surface area contributed by atoms with Crippen LogP contribution in [0, 0.1) is 0 Å². The second kappa shape index (κ2) is 3.66. The molecule has 0 spiro atoms. The third-order valence-corrected chi connectivity index (χ3v) is 0.888. The molecule has 2 nitrogen and oxygen atoms in total. The van der Waals surface area contributed by atoms with Crippen molar-refractivity contribution in [2.75, 3.05) is 6.00 Å². The average molecular weight is 140 g/mol. The van der Waals surface area contributed by atoms with Crippen LogP contribution in [0.5, 0.6) is 0 Å². The van der Waals surface area contributed by atoms with Gasteiger partial charge in [-0.15, -0.1) is 0 Å². The summed E-state index contributed by atoms with van der Waals surface area (Å²) in [6, 6.07) is -0.382. The van der Waals surface area contributed by atoms with Gasteiger partial charge in [0.1, 0.15) is 6.00 Å². The molecule has 1 amide bonds. The Hall–Kier alpha value is -0.310. The van der Waals surface area contributed by atoms with Gasteiger partial charge in [-0.1, -0.05) is 23.0 Å². The van der Waals surface area contributed by atoms with Crippen LogP contribution in [0.25, 0.3) is 0 Å². The van der Waals surface area contributed by atoms with Gasteiger partial charge in [0.25, 0.3) is 5.91 Å². The third-order valence-electron chi connectivity index (χ3n) is 0.678. The zero-order valence-electron chi connectivity index (χ0n) is 4.53. The summed E-state index contributed by atoms with van der Waals surface area (Å²) >= 11 is 4.96. The van der Waals surface area contributed by atoms with E-state index in [0.717, 1.165) is 0 Å². The van der Waals surface area contributed by atoms with E-state index < -0.39 is 5.91 Å². The molecule has 0 aromatic heterocycles. The van der Waals surface area contributed by atoms with E-state index >= 15 is 0 Å². The van der Waals surface area contributed by atoms with Gasteiger partial charge in [-0.2, -0.15) is 5.12 Å². The fraction of sp³-hybridized carbons (Fsp3) is 0.750.